The summed E-state index contributed by atoms with van der Waals surface area (Å²) in [5.74, 6) is -0.204. The minimum absolute atomic E-state index is 0.0941. The molecular weight excluding hydrogens is 436 g/mol. The van der Waals surface area contributed by atoms with Crippen LogP contribution in [0.25, 0.3) is 11.1 Å². The molecule has 0 fully saturated rings. The molecule has 0 spiro atoms. The number of hydrogen-bond donors (Lipinski definition) is 1. The molecule has 2 aromatic carbocycles. The maximum absolute atomic E-state index is 13.5. The van der Waals surface area contributed by atoms with Crippen LogP contribution in [0, 0.1) is 11.2 Å². The van der Waals surface area contributed by atoms with Crippen LogP contribution in [0.5, 0.6) is 0 Å². The molecule has 0 aliphatic heterocycles. The quantitative estimate of drug-likeness (QED) is 0.503. The third-order valence-electron chi connectivity index (χ3n) is 6.17. The van der Waals surface area contributed by atoms with Gasteiger partial charge in [0.05, 0.1) is 11.6 Å². The van der Waals surface area contributed by atoms with Gasteiger partial charge in [-0.25, -0.2) is 4.39 Å². The lowest BCUT2D eigenvalue weighted by atomic mass is 9.74. The van der Waals surface area contributed by atoms with E-state index in [1.165, 1.54) is 12.1 Å². The third-order valence-corrected chi connectivity index (χ3v) is 6.84. The van der Waals surface area contributed by atoms with E-state index in [2.05, 4.69) is 10.2 Å². The van der Waals surface area contributed by atoms with Crippen molar-refractivity contribution in [1.82, 2.24) is 15.1 Å². The minimum Gasteiger partial charge on any atom is -0.338 e. The zero-order valence-corrected chi connectivity index (χ0v) is 19.0. The second-order valence-electron chi connectivity index (χ2n) is 8.36. The van der Waals surface area contributed by atoms with Gasteiger partial charge < -0.3 is 4.90 Å². The van der Waals surface area contributed by atoms with Crippen LogP contribution in [-0.4, -0.2) is 27.5 Å². The Morgan fingerprint density at radius 1 is 1.19 bits per heavy atom. The fraction of sp³-hybridized carbons (Fsp3) is 0.333. The Bertz CT molecular complexity index is 1090. The molecule has 1 atom stereocenters. The largest absolute Gasteiger partial charge is 0.338 e. The second kappa shape index (κ2) is 8.64. The average molecular weight is 460 g/mol. The highest BCUT2D eigenvalue weighted by atomic mass is 35.5. The summed E-state index contributed by atoms with van der Waals surface area (Å²) in [7, 11) is 0. The number of benzene rings is 2. The highest BCUT2D eigenvalue weighted by molar-refractivity contribution is 6.36. The molecule has 4 nitrogen and oxygen atoms in total. The van der Waals surface area contributed by atoms with Crippen LogP contribution in [0.2, 0.25) is 10.0 Å². The van der Waals surface area contributed by atoms with Gasteiger partial charge in [0.1, 0.15) is 5.82 Å². The Labute approximate surface area is 191 Å². The van der Waals surface area contributed by atoms with Gasteiger partial charge in [0, 0.05) is 34.4 Å². The van der Waals surface area contributed by atoms with Crippen molar-refractivity contribution in [3.8, 4) is 11.1 Å². The van der Waals surface area contributed by atoms with E-state index in [0.29, 0.717) is 35.1 Å². The number of aromatic nitrogens is 2. The third kappa shape index (κ3) is 4.35. The molecule has 1 N–H and O–H groups in total. The molecule has 7 heteroatoms. The molecule has 1 unspecified atom stereocenters. The van der Waals surface area contributed by atoms with Gasteiger partial charge in [-0.05, 0) is 67.1 Å². The van der Waals surface area contributed by atoms with Crippen molar-refractivity contribution in [2.45, 2.75) is 39.7 Å². The number of nitrogens with zero attached hydrogens (tertiary/aromatic N) is 2. The van der Waals surface area contributed by atoms with Crippen molar-refractivity contribution in [2.24, 2.45) is 5.41 Å². The van der Waals surface area contributed by atoms with E-state index in [0.717, 1.165) is 35.2 Å². The predicted molar refractivity (Wildman–Crippen MR) is 122 cm³/mol. The van der Waals surface area contributed by atoms with Gasteiger partial charge in [-0.1, -0.05) is 42.3 Å². The van der Waals surface area contributed by atoms with Gasteiger partial charge in [-0.2, -0.15) is 5.10 Å². The molecule has 1 heterocycles. The monoisotopic (exact) mass is 459 g/mol. The van der Waals surface area contributed by atoms with E-state index >= 15 is 0 Å². The number of fused-ring (bicyclic) bond motifs is 1. The molecule has 1 aliphatic rings. The van der Waals surface area contributed by atoms with Gasteiger partial charge in [-0.15, -0.1) is 0 Å². The first-order valence-electron chi connectivity index (χ1n) is 10.3. The summed E-state index contributed by atoms with van der Waals surface area (Å²) in [4.78, 5) is 15.3. The van der Waals surface area contributed by atoms with Crippen molar-refractivity contribution >= 4 is 29.1 Å². The molecule has 1 aromatic heterocycles. The summed E-state index contributed by atoms with van der Waals surface area (Å²) in [6.45, 7) is 4.88. The Morgan fingerprint density at radius 2 is 1.87 bits per heavy atom. The lowest BCUT2D eigenvalue weighted by molar-refractivity contribution is -0.142. The molecule has 3 aromatic rings. The number of aryl methyl sites for hydroxylation is 1. The Balaban J connectivity index is 1.57. The summed E-state index contributed by atoms with van der Waals surface area (Å²) < 4.78 is 13.2. The Kier molecular flexibility index (Phi) is 6.09. The Morgan fingerprint density at radius 3 is 2.52 bits per heavy atom. The topological polar surface area (TPSA) is 49.0 Å². The SMILES string of the molecule is CCN(Cc1c(Cl)cc(-c2ccc(F)cc2)cc1Cl)C(=O)C1(C)CCc2[nH]ncc2C1. The molecule has 0 radical (unpaired) electrons. The summed E-state index contributed by atoms with van der Waals surface area (Å²) in [5, 5.41) is 8.12. The first kappa shape index (κ1) is 21.8. The van der Waals surface area contributed by atoms with Crippen molar-refractivity contribution in [3.05, 3.63) is 75.3 Å². The minimum atomic E-state index is -0.486. The van der Waals surface area contributed by atoms with Crippen LogP contribution in [0.4, 0.5) is 4.39 Å². The van der Waals surface area contributed by atoms with Crippen LogP contribution in [0.1, 0.15) is 37.1 Å². The fourth-order valence-electron chi connectivity index (χ4n) is 4.26. The number of nitrogens with one attached hydrogen (secondary N) is 1. The summed E-state index contributed by atoms with van der Waals surface area (Å²) in [6.07, 6.45) is 4.06. The number of hydrogen-bond acceptors (Lipinski definition) is 2. The van der Waals surface area contributed by atoms with Crippen LogP contribution >= 0.6 is 23.2 Å². The predicted octanol–water partition coefficient (Wildman–Crippen LogP) is 6.07. The van der Waals surface area contributed by atoms with E-state index in [9.17, 15) is 9.18 Å². The lowest BCUT2D eigenvalue weighted by Crippen LogP contribution is -2.45. The average Bonchev–Trinajstić information content (AvgIpc) is 3.20. The molecule has 0 saturated heterocycles. The normalized spacial score (nSPS) is 18.0. The summed E-state index contributed by atoms with van der Waals surface area (Å²) in [6, 6.07) is 9.81. The van der Waals surface area contributed by atoms with E-state index in [1.807, 2.05) is 37.1 Å². The maximum Gasteiger partial charge on any atom is 0.229 e. The van der Waals surface area contributed by atoms with Gasteiger partial charge in [-0.3, -0.25) is 9.89 Å². The molecule has 0 bridgehead atoms. The smallest absolute Gasteiger partial charge is 0.229 e. The van der Waals surface area contributed by atoms with Crippen molar-refractivity contribution in [3.63, 3.8) is 0 Å². The first-order chi connectivity index (χ1) is 14.8. The number of halogens is 3. The van der Waals surface area contributed by atoms with Crippen molar-refractivity contribution < 1.29 is 9.18 Å². The van der Waals surface area contributed by atoms with Crippen LogP contribution in [0.3, 0.4) is 0 Å². The highest BCUT2D eigenvalue weighted by Gasteiger charge is 2.40. The molecule has 1 amide bonds. The summed E-state index contributed by atoms with van der Waals surface area (Å²) >= 11 is 13.2. The van der Waals surface area contributed by atoms with Crippen LogP contribution in [0.15, 0.2) is 42.6 Å². The molecule has 1 aliphatic carbocycles. The Hall–Kier alpha value is -2.37. The number of aromatic amines is 1. The van der Waals surface area contributed by atoms with E-state index in [1.54, 1.807) is 12.1 Å². The van der Waals surface area contributed by atoms with Crippen LogP contribution < -0.4 is 0 Å². The molecule has 162 valence electrons. The number of rotatable bonds is 5. The number of carbonyl (C=O) groups excluding carboxylic acids is 1. The maximum atomic E-state index is 13.5. The number of carbonyl (C=O) groups is 1. The van der Waals surface area contributed by atoms with Crippen molar-refractivity contribution in [1.29, 1.82) is 0 Å². The number of H-pyrrole nitrogens is 1. The van der Waals surface area contributed by atoms with E-state index in [-0.39, 0.29) is 11.7 Å². The molecule has 0 saturated carbocycles. The van der Waals surface area contributed by atoms with Gasteiger partial charge in [0.15, 0.2) is 0 Å². The summed E-state index contributed by atoms with van der Waals surface area (Å²) in [5.41, 5.74) is 4.09. The van der Waals surface area contributed by atoms with E-state index in [4.69, 9.17) is 23.2 Å². The molecule has 4 rings (SSSR count). The van der Waals surface area contributed by atoms with E-state index < -0.39 is 5.41 Å². The van der Waals surface area contributed by atoms with Gasteiger partial charge >= 0.3 is 0 Å². The first-order valence-corrected chi connectivity index (χ1v) is 11.1. The zero-order chi connectivity index (χ0) is 22.2. The van der Waals surface area contributed by atoms with Gasteiger partial charge in [0.2, 0.25) is 5.91 Å². The molecule has 31 heavy (non-hydrogen) atoms. The lowest BCUT2D eigenvalue weighted by Gasteiger charge is -2.36. The fourth-order valence-corrected chi connectivity index (χ4v) is 4.87. The van der Waals surface area contributed by atoms with Gasteiger partial charge in [0.25, 0.3) is 0 Å². The van der Waals surface area contributed by atoms with Crippen molar-refractivity contribution in [2.75, 3.05) is 6.54 Å². The zero-order valence-electron chi connectivity index (χ0n) is 17.5. The molecular formula is C24H24Cl2FN3O. The number of amides is 1. The highest BCUT2D eigenvalue weighted by Crippen LogP contribution is 2.38. The second-order valence-corrected chi connectivity index (χ2v) is 9.17. The standard InChI is InChI=1S/C24H24Cl2FN3O/c1-3-30(23(31)24(2)9-8-22-17(12-24)13-28-29-22)14-19-20(25)10-16(11-21(19)26)15-4-6-18(27)7-5-15/h4-7,10-11,13H,3,8-9,12,14H2,1-2H3,(H,28,29). The van der Waals surface area contributed by atoms with Crippen LogP contribution in [-0.2, 0) is 24.2 Å².